The molecule has 0 spiro atoms. The molecule has 12 heteroatoms. The minimum atomic E-state index is -5.08. The van der Waals surface area contributed by atoms with Gasteiger partial charge >= 0.3 is 12.1 Å². The third-order valence-electron chi connectivity index (χ3n) is 5.10. The lowest BCUT2D eigenvalue weighted by molar-refractivity contribution is -0.192. The van der Waals surface area contributed by atoms with Gasteiger partial charge in [0, 0.05) is 61.0 Å². The number of carboxylic acids is 1. The van der Waals surface area contributed by atoms with E-state index in [0.29, 0.717) is 42.7 Å². The maximum atomic E-state index is 13.2. The fraction of sp³-hybridized carbons (Fsp3) is 0.458. The van der Waals surface area contributed by atoms with Crippen LogP contribution in [0, 0.1) is 0 Å². The van der Waals surface area contributed by atoms with Crippen LogP contribution in [0.3, 0.4) is 0 Å². The Balaban J connectivity index is 0.000000572. The molecule has 1 fully saturated rings. The van der Waals surface area contributed by atoms with Crippen molar-refractivity contribution in [3.8, 4) is 5.75 Å². The molecule has 0 aliphatic carbocycles. The van der Waals surface area contributed by atoms with E-state index >= 15 is 0 Å². The highest BCUT2D eigenvalue weighted by Gasteiger charge is 2.38. The van der Waals surface area contributed by atoms with Crippen molar-refractivity contribution >= 4 is 29.2 Å². The van der Waals surface area contributed by atoms with Gasteiger partial charge in [-0.25, -0.2) is 4.79 Å². The molecular formula is C24H29ClF3N3O5. The number of amides is 1. The summed E-state index contributed by atoms with van der Waals surface area (Å²) in [7, 11) is 0. The van der Waals surface area contributed by atoms with E-state index in [-0.39, 0.29) is 11.9 Å². The zero-order valence-electron chi connectivity index (χ0n) is 19.8. The van der Waals surface area contributed by atoms with Gasteiger partial charge in [-0.05, 0) is 49.6 Å². The van der Waals surface area contributed by atoms with Crippen molar-refractivity contribution < 1.29 is 37.3 Å². The number of hydrogen-bond acceptors (Lipinski definition) is 6. The molecule has 8 nitrogen and oxygen atoms in total. The molecule has 2 N–H and O–H groups in total. The standard InChI is InChI=1S/C22H28ClN3O3.C2HF3O2/c1-2-10-26(20-5-11-28-12-6-20)22(27)17-14-18(23)16-21(15-17)29-13-9-25-19-3-7-24-8-4-19;3-2(4,5)1(6)7/h3-4,7-8,14-16,20H,2,5-6,9-13H2,1H3,(H,24,25);(H,6,7). The van der Waals surface area contributed by atoms with Gasteiger partial charge in [0.1, 0.15) is 12.4 Å². The Hall–Kier alpha value is -3.05. The molecular weight excluding hydrogens is 503 g/mol. The Bertz CT molecular complexity index is 973. The molecule has 3 rings (SSSR count). The normalized spacial score (nSPS) is 13.8. The number of ether oxygens (including phenoxy) is 2. The number of alkyl halides is 3. The summed E-state index contributed by atoms with van der Waals surface area (Å²) in [4.78, 5) is 28.1. The van der Waals surface area contributed by atoms with E-state index in [1.807, 2.05) is 17.0 Å². The number of nitrogens with zero attached hydrogens (tertiary/aromatic N) is 2. The number of hydrogen-bond donors (Lipinski definition) is 2. The van der Waals surface area contributed by atoms with E-state index in [4.69, 9.17) is 31.0 Å². The van der Waals surface area contributed by atoms with Crippen molar-refractivity contribution in [3.63, 3.8) is 0 Å². The van der Waals surface area contributed by atoms with Gasteiger partial charge < -0.3 is 24.8 Å². The summed E-state index contributed by atoms with van der Waals surface area (Å²) in [5.74, 6) is -2.16. The third kappa shape index (κ3) is 9.90. The highest BCUT2D eigenvalue weighted by molar-refractivity contribution is 6.31. The average Bonchev–Trinajstić information content (AvgIpc) is 2.85. The molecule has 0 unspecified atom stereocenters. The van der Waals surface area contributed by atoms with Gasteiger partial charge in [-0.3, -0.25) is 9.78 Å². The zero-order valence-corrected chi connectivity index (χ0v) is 20.5. The first kappa shape index (κ1) is 29.2. The highest BCUT2D eigenvalue weighted by Crippen LogP contribution is 2.24. The number of aromatic nitrogens is 1. The number of carboxylic acid groups (broad SMARTS) is 1. The summed E-state index contributed by atoms with van der Waals surface area (Å²) in [5, 5.41) is 10.9. The molecule has 1 aromatic heterocycles. The molecule has 2 heterocycles. The minimum Gasteiger partial charge on any atom is -0.492 e. The third-order valence-corrected chi connectivity index (χ3v) is 5.32. The summed E-state index contributed by atoms with van der Waals surface area (Å²) >= 11 is 6.28. The molecule has 198 valence electrons. The number of aliphatic carboxylic acids is 1. The summed E-state index contributed by atoms with van der Waals surface area (Å²) in [6, 6.07) is 9.24. The molecule has 0 atom stereocenters. The van der Waals surface area contributed by atoms with Crippen molar-refractivity contribution in [3.05, 3.63) is 53.3 Å². The topological polar surface area (TPSA) is 101 Å². The lowest BCUT2D eigenvalue weighted by Gasteiger charge is -2.34. The smallest absolute Gasteiger partial charge is 0.490 e. The molecule has 0 radical (unpaired) electrons. The first-order valence-corrected chi connectivity index (χ1v) is 11.8. The van der Waals surface area contributed by atoms with Crippen LogP contribution >= 0.6 is 11.6 Å². The van der Waals surface area contributed by atoms with Crippen LogP contribution in [0.5, 0.6) is 5.75 Å². The molecule has 36 heavy (non-hydrogen) atoms. The second-order valence-corrected chi connectivity index (χ2v) is 8.27. The zero-order chi connectivity index (χ0) is 26.6. The highest BCUT2D eigenvalue weighted by atomic mass is 35.5. The molecule has 1 amide bonds. The number of anilines is 1. The van der Waals surface area contributed by atoms with E-state index in [1.54, 1.807) is 30.6 Å². The summed E-state index contributed by atoms with van der Waals surface area (Å²) in [5.41, 5.74) is 1.55. The number of pyridine rings is 1. The maximum absolute atomic E-state index is 13.2. The van der Waals surface area contributed by atoms with Crippen LogP contribution in [-0.2, 0) is 9.53 Å². The van der Waals surface area contributed by atoms with Crippen LogP contribution < -0.4 is 10.1 Å². The minimum absolute atomic E-state index is 0.000936. The summed E-state index contributed by atoms with van der Waals surface area (Å²) in [6.07, 6.45) is 1.04. The molecule has 1 saturated heterocycles. The molecule has 2 aromatic rings. The number of halogens is 4. The van der Waals surface area contributed by atoms with Crippen LogP contribution in [0.1, 0.15) is 36.5 Å². The van der Waals surface area contributed by atoms with Crippen LogP contribution in [-0.4, -0.2) is 72.0 Å². The van der Waals surface area contributed by atoms with E-state index in [0.717, 1.165) is 31.5 Å². The number of benzene rings is 1. The monoisotopic (exact) mass is 531 g/mol. The Morgan fingerprint density at radius 1 is 1.22 bits per heavy atom. The summed E-state index contributed by atoms with van der Waals surface area (Å²) in [6.45, 7) is 5.29. The van der Waals surface area contributed by atoms with E-state index in [2.05, 4.69) is 17.2 Å². The fourth-order valence-electron chi connectivity index (χ4n) is 3.46. The first-order chi connectivity index (χ1) is 17.1. The number of rotatable bonds is 9. The molecule has 1 aliphatic rings. The van der Waals surface area contributed by atoms with Crippen molar-refractivity contribution in [2.45, 2.75) is 38.4 Å². The van der Waals surface area contributed by atoms with Gasteiger partial charge in [-0.15, -0.1) is 0 Å². The predicted octanol–water partition coefficient (Wildman–Crippen LogP) is 4.89. The summed E-state index contributed by atoms with van der Waals surface area (Å²) < 4.78 is 43.0. The van der Waals surface area contributed by atoms with E-state index in [1.165, 1.54) is 0 Å². The van der Waals surface area contributed by atoms with Crippen molar-refractivity contribution in [1.82, 2.24) is 9.88 Å². The average molecular weight is 532 g/mol. The molecule has 1 aliphatic heterocycles. The SMILES string of the molecule is CCCN(C(=O)c1cc(Cl)cc(OCCNc2ccncc2)c1)C1CCOCC1.O=C(O)C(F)(F)F. The van der Waals surface area contributed by atoms with Gasteiger partial charge in [0.15, 0.2) is 0 Å². The van der Waals surface area contributed by atoms with Gasteiger partial charge in [0.05, 0.1) is 0 Å². The molecule has 1 aromatic carbocycles. The number of carbonyl (C=O) groups is 2. The Morgan fingerprint density at radius 2 is 1.86 bits per heavy atom. The van der Waals surface area contributed by atoms with Crippen LogP contribution in [0.2, 0.25) is 5.02 Å². The largest absolute Gasteiger partial charge is 0.492 e. The van der Waals surface area contributed by atoms with Crippen molar-refractivity contribution in [2.24, 2.45) is 0 Å². The van der Waals surface area contributed by atoms with Crippen LogP contribution in [0.4, 0.5) is 18.9 Å². The lowest BCUT2D eigenvalue weighted by atomic mass is 10.0. The predicted molar refractivity (Wildman–Crippen MR) is 129 cm³/mol. The number of nitrogens with one attached hydrogen (secondary N) is 1. The Morgan fingerprint density at radius 3 is 2.44 bits per heavy atom. The maximum Gasteiger partial charge on any atom is 0.490 e. The second-order valence-electron chi connectivity index (χ2n) is 7.83. The molecule has 0 saturated carbocycles. The van der Waals surface area contributed by atoms with Crippen molar-refractivity contribution in [2.75, 3.05) is 38.2 Å². The second kappa shape index (κ2) is 14.5. The van der Waals surface area contributed by atoms with Crippen LogP contribution in [0.15, 0.2) is 42.7 Å². The van der Waals surface area contributed by atoms with Crippen molar-refractivity contribution in [1.29, 1.82) is 0 Å². The van der Waals surface area contributed by atoms with Gasteiger partial charge in [0.25, 0.3) is 5.91 Å². The Kier molecular flexibility index (Phi) is 11.7. The first-order valence-electron chi connectivity index (χ1n) is 11.4. The Labute approximate surface area is 212 Å². The van der Waals surface area contributed by atoms with E-state index < -0.39 is 12.1 Å². The van der Waals surface area contributed by atoms with Gasteiger partial charge in [-0.2, -0.15) is 13.2 Å². The quantitative estimate of drug-likeness (QED) is 0.444. The number of carbonyl (C=O) groups excluding carboxylic acids is 1. The van der Waals surface area contributed by atoms with E-state index in [9.17, 15) is 18.0 Å². The molecule has 0 bridgehead atoms. The van der Waals surface area contributed by atoms with Crippen LogP contribution in [0.25, 0.3) is 0 Å². The fourth-order valence-corrected chi connectivity index (χ4v) is 3.68. The van der Waals surface area contributed by atoms with Gasteiger partial charge in [-0.1, -0.05) is 18.5 Å². The van der Waals surface area contributed by atoms with Gasteiger partial charge in [0.2, 0.25) is 0 Å². The lowest BCUT2D eigenvalue weighted by Crippen LogP contribution is -2.43.